The van der Waals surface area contributed by atoms with E-state index >= 15 is 0 Å². The number of Topliss-reactive ketones (excluding diaryl/α,β-unsaturated/α-hetero) is 4. The van der Waals surface area contributed by atoms with E-state index in [-0.39, 0.29) is 42.4 Å². The molecule has 1 aromatic heterocycles. The fourth-order valence-corrected chi connectivity index (χ4v) is 7.27. The van der Waals surface area contributed by atoms with Gasteiger partial charge in [-0.25, -0.2) is 0 Å². The Labute approximate surface area is 228 Å². The zero-order valence-corrected chi connectivity index (χ0v) is 23.0. The molecule has 2 N–H and O–H groups in total. The number of ketones is 4. The fraction of sp³-hybridized carbons (Fsp3) is 0.469. The number of aromatic amines is 1. The molecule has 1 aliphatic heterocycles. The molecule has 7 atom stereocenters. The molecule has 2 aliphatic carbocycles. The SMILES string of the molecule is CC1=C[C@@H](C)CC=C[C@H]2C(=O)[C@@H](C)[C@@H](C)[C@H]3[C@H](Cc4c[nH]c5ccccc45)NC(=O)[C@]32C(=O)CCC(=O)C1=O. The summed E-state index contributed by atoms with van der Waals surface area (Å²) in [5.41, 5.74) is 0.771. The highest BCUT2D eigenvalue weighted by atomic mass is 16.2. The van der Waals surface area contributed by atoms with E-state index in [0.717, 1.165) is 16.5 Å². The molecule has 2 heterocycles. The lowest BCUT2D eigenvalue weighted by atomic mass is 9.51. The summed E-state index contributed by atoms with van der Waals surface area (Å²) >= 11 is 0. The van der Waals surface area contributed by atoms with Crippen molar-refractivity contribution in [3.8, 4) is 0 Å². The number of hydrogen-bond acceptors (Lipinski definition) is 5. The van der Waals surface area contributed by atoms with Crippen LogP contribution in [0.15, 0.2) is 54.3 Å². The van der Waals surface area contributed by atoms with Gasteiger partial charge in [-0.15, -0.1) is 0 Å². The molecule has 39 heavy (non-hydrogen) atoms. The van der Waals surface area contributed by atoms with Crippen LogP contribution in [-0.2, 0) is 30.4 Å². The van der Waals surface area contributed by atoms with Crippen LogP contribution in [0.2, 0.25) is 0 Å². The van der Waals surface area contributed by atoms with E-state index in [1.807, 2.05) is 57.3 Å². The number of rotatable bonds is 2. The Kier molecular flexibility index (Phi) is 7.04. The van der Waals surface area contributed by atoms with Crippen LogP contribution in [0.5, 0.6) is 0 Å². The third-order valence-corrected chi connectivity index (χ3v) is 9.39. The third-order valence-electron chi connectivity index (χ3n) is 9.39. The summed E-state index contributed by atoms with van der Waals surface area (Å²) in [6.45, 7) is 7.39. The molecule has 204 valence electrons. The molecule has 3 aliphatic rings. The van der Waals surface area contributed by atoms with Gasteiger partial charge < -0.3 is 10.3 Å². The van der Waals surface area contributed by atoms with Gasteiger partial charge in [0.15, 0.2) is 0 Å². The standard InChI is InChI=1S/C32H36N2O5/c1-17-8-7-10-23-30(38)20(4)19(3)28-25(15-21-16-33-24-11-6-5-9-22(21)24)34-31(39)32(23,28)27(36)13-12-26(35)29(37)18(2)14-17/h5-7,9-11,14,16-17,19-20,23,25,28,33H,8,12-13,15H2,1-4H3,(H,34,39)/t17-,19+,20-,23-,25-,28-,32+/m0/s1. The van der Waals surface area contributed by atoms with Crippen molar-refractivity contribution in [3.63, 3.8) is 0 Å². The Morgan fingerprint density at radius 3 is 2.51 bits per heavy atom. The van der Waals surface area contributed by atoms with Crippen LogP contribution in [0.3, 0.4) is 0 Å². The zero-order valence-electron chi connectivity index (χ0n) is 23.0. The van der Waals surface area contributed by atoms with Gasteiger partial charge in [-0.2, -0.15) is 0 Å². The van der Waals surface area contributed by atoms with Gasteiger partial charge in [0.25, 0.3) is 0 Å². The molecule has 7 heteroatoms. The predicted octanol–water partition coefficient (Wildman–Crippen LogP) is 4.31. The molecule has 0 radical (unpaired) electrons. The molecule has 1 amide bonds. The number of carbonyl (C=O) groups excluding carboxylic acids is 5. The summed E-state index contributed by atoms with van der Waals surface area (Å²) in [6.07, 6.45) is 7.80. The summed E-state index contributed by atoms with van der Waals surface area (Å²) in [6, 6.07) is 7.58. The number of carbonyl (C=O) groups is 5. The highest BCUT2D eigenvalue weighted by Crippen LogP contribution is 2.56. The molecule has 0 bridgehead atoms. The van der Waals surface area contributed by atoms with Gasteiger partial charge in [0, 0.05) is 47.8 Å². The van der Waals surface area contributed by atoms with Crippen molar-refractivity contribution in [3.05, 3.63) is 59.8 Å². The van der Waals surface area contributed by atoms with E-state index in [4.69, 9.17) is 0 Å². The number of H-pyrrole nitrogens is 1. The Morgan fingerprint density at radius 1 is 1.00 bits per heavy atom. The Bertz CT molecular complexity index is 1430. The summed E-state index contributed by atoms with van der Waals surface area (Å²) in [5.74, 6) is -4.23. The minimum absolute atomic E-state index is 0.0525. The van der Waals surface area contributed by atoms with E-state index in [2.05, 4.69) is 10.3 Å². The van der Waals surface area contributed by atoms with E-state index in [1.165, 1.54) is 0 Å². The molecule has 2 fully saturated rings. The number of amides is 1. The first-order valence-electron chi connectivity index (χ1n) is 13.9. The maximum absolute atomic E-state index is 14.2. The topological polar surface area (TPSA) is 113 Å². The number of allylic oxidation sites excluding steroid dienone is 4. The minimum Gasteiger partial charge on any atom is -0.361 e. The van der Waals surface area contributed by atoms with Crippen LogP contribution in [0.25, 0.3) is 10.9 Å². The van der Waals surface area contributed by atoms with Crippen LogP contribution in [0, 0.1) is 35.0 Å². The molecule has 2 aromatic rings. The first kappa shape index (κ1) is 27.0. The van der Waals surface area contributed by atoms with Crippen LogP contribution in [0.4, 0.5) is 0 Å². The molecular weight excluding hydrogens is 492 g/mol. The lowest BCUT2D eigenvalue weighted by molar-refractivity contribution is -0.158. The van der Waals surface area contributed by atoms with Gasteiger partial charge in [0.1, 0.15) is 17.0 Å². The quantitative estimate of drug-likeness (QED) is 0.343. The van der Waals surface area contributed by atoms with Gasteiger partial charge in [-0.05, 0) is 48.8 Å². The molecular formula is C32H36N2O5. The Hall–Kier alpha value is -3.61. The second kappa shape index (κ2) is 10.2. The van der Waals surface area contributed by atoms with Gasteiger partial charge in [0.05, 0.1) is 5.92 Å². The Balaban J connectivity index is 1.60. The number of para-hydroxylation sites is 1. The average Bonchev–Trinajstić information content (AvgIpc) is 3.45. The maximum Gasteiger partial charge on any atom is 0.235 e. The van der Waals surface area contributed by atoms with E-state index in [0.29, 0.717) is 18.4 Å². The predicted molar refractivity (Wildman–Crippen MR) is 148 cm³/mol. The second-order valence-corrected chi connectivity index (χ2v) is 11.7. The van der Waals surface area contributed by atoms with Crippen LogP contribution in [-0.4, -0.2) is 40.1 Å². The van der Waals surface area contributed by atoms with Crippen molar-refractivity contribution in [2.24, 2.45) is 35.0 Å². The molecule has 5 rings (SSSR count). The summed E-state index contributed by atoms with van der Waals surface area (Å²) in [7, 11) is 0. The average molecular weight is 529 g/mol. The lowest BCUT2D eigenvalue weighted by Crippen LogP contribution is -2.59. The first-order chi connectivity index (χ1) is 18.6. The van der Waals surface area contributed by atoms with Gasteiger partial charge >= 0.3 is 0 Å². The lowest BCUT2D eigenvalue weighted by Gasteiger charge is -2.47. The molecule has 1 saturated carbocycles. The largest absolute Gasteiger partial charge is 0.361 e. The number of fused-ring (bicyclic) bond motifs is 1. The monoisotopic (exact) mass is 528 g/mol. The number of benzene rings is 1. The van der Waals surface area contributed by atoms with Crippen molar-refractivity contribution in [1.82, 2.24) is 10.3 Å². The van der Waals surface area contributed by atoms with Crippen LogP contribution >= 0.6 is 0 Å². The first-order valence-corrected chi connectivity index (χ1v) is 13.9. The summed E-state index contributed by atoms with van der Waals surface area (Å²) < 4.78 is 0. The van der Waals surface area contributed by atoms with Crippen molar-refractivity contribution in [2.75, 3.05) is 0 Å². The molecule has 1 aromatic carbocycles. The molecule has 7 nitrogen and oxygen atoms in total. The smallest absolute Gasteiger partial charge is 0.235 e. The van der Waals surface area contributed by atoms with Crippen LogP contribution < -0.4 is 5.32 Å². The van der Waals surface area contributed by atoms with E-state index in [1.54, 1.807) is 19.1 Å². The zero-order chi connectivity index (χ0) is 28.1. The maximum atomic E-state index is 14.2. The fourth-order valence-electron chi connectivity index (χ4n) is 7.27. The second-order valence-electron chi connectivity index (χ2n) is 11.7. The van der Waals surface area contributed by atoms with Gasteiger partial charge in [0.2, 0.25) is 17.5 Å². The summed E-state index contributed by atoms with van der Waals surface area (Å²) in [4.78, 5) is 70.8. The number of nitrogens with one attached hydrogen (secondary N) is 2. The number of aromatic nitrogens is 1. The minimum atomic E-state index is -1.61. The van der Waals surface area contributed by atoms with E-state index < -0.39 is 40.5 Å². The number of hydrogen-bond donors (Lipinski definition) is 2. The van der Waals surface area contributed by atoms with Crippen molar-refractivity contribution >= 4 is 39.9 Å². The molecule has 0 unspecified atom stereocenters. The highest BCUT2D eigenvalue weighted by molar-refractivity contribution is 6.43. The normalized spacial score (nSPS) is 34.1. The van der Waals surface area contributed by atoms with Gasteiger partial charge in [-0.3, -0.25) is 24.0 Å². The van der Waals surface area contributed by atoms with Gasteiger partial charge in [-0.1, -0.05) is 57.2 Å². The van der Waals surface area contributed by atoms with Crippen LogP contribution in [0.1, 0.15) is 52.5 Å². The van der Waals surface area contributed by atoms with Crippen molar-refractivity contribution in [1.29, 1.82) is 0 Å². The van der Waals surface area contributed by atoms with Crippen molar-refractivity contribution < 1.29 is 24.0 Å². The Morgan fingerprint density at radius 2 is 1.74 bits per heavy atom. The van der Waals surface area contributed by atoms with Crippen molar-refractivity contribution in [2.45, 2.75) is 59.4 Å². The van der Waals surface area contributed by atoms with E-state index in [9.17, 15) is 24.0 Å². The third kappa shape index (κ3) is 4.32. The molecule has 1 saturated heterocycles. The molecule has 1 spiro atoms. The highest BCUT2D eigenvalue weighted by Gasteiger charge is 2.69. The summed E-state index contributed by atoms with van der Waals surface area (Å²) in [5, 5.41) is 4.18.